The number of nitrogens with one attached hydrogen (secondary N) is 1. The van der Waals surface area contributed by atoms with Crippen LogP contribution in [0, 0.1) is 12.8 Å². The molecule has 3 rings (SSSR count). The first-order valence-electron chi connectivity index (χ1n) is 10.9. The quantitative estimate of drug-likeness (QED) is 0.306. The number of ether oxygens (including phenoxy) is 2. The van der Waals surface area contributed by atoms with Gasteiger partial charge in [0.15, 0.2) is 6.61 Å². The second kappa shape index (κ2) is 10.3. The molecule has 0 spiro atoms. The summed E-state index contributed by atoms with van der Waals surface area (Å²) in [5.41, 5.74) is 1.71. The van der Waals surface area contributed by atoms with Crippen molar-refractivity contribution >= 4 is 22.8 Å². The molecule has 0 aliphatic heterocycles. The Morgan fingerprint density at radius 3 is 2.39 bits per heavy atom. The Bertz CT molecular complexity index is 1230. The van der Waals surface area contributed by atoms with Gasteiger partial charge in [-0.15, -0.1) is 0 Å². The molecule has 0 radical (unpaired) electrons. The minimum atomic E-state index is -0.754. The Labute approximate surface area is 192 Å². The highest BCUT2D eigenvalue weighted by Crippen LogP contribution is 2.24. The Morgan fingerprint density at radius 2 is 1.73 bits per heavy atom. The van der Waals surface area contributed by atoms with Crippen molar-refractivity contribution in [3.8, 4) is 11.5 Å². The van der Waals surface area contributed by atoms with Crippen LogP contribution in [0.15, 0.2) is 51.7 Å². The third kappa shape index (κ3) is 6.22. The van der Waals surface area contributed by atoms with Crippen molar-refractivity contribution in [2.75, 3.05) is 13.2 Å². The molecular formula is C26H29NO6. The summed E-state index contributed by atoms with van der Waals surface area (Å²) in [6.45, 7) is 10.3. The number of aryl methyl sites for hydroxylation is 1. The minimum Gasteiger partial charge on any atom is -0.482 e. The molecule has 0 bridgehead atoms. The smallest absolute Gasteiger partial charge is 0.349 e. The van der Waals surface area contributed by atoms with Crippen molar-refractivity contribution in [2.24, 2.45) is 5.92 Å². The lowest BCUT2D eigenvalue weighted by molar-refractivity contribution is -0.136. The Balaban J connectivity index is 1.66. The van der Waals surface area contributed by atoms with Gasteiger partial charge < -0.3 is 19.2 Å². The van der Waals surface area contributed by atoms with Crippen LogP contribution in [0.25, 0.3) is 11.0 Å². The lowest BCUT2D eigenvalue weighted by atomic mass is 9.98. The molecule has 1 heterocycles. The van der Waals surface area contributed by atoms with Gasteiger partial charge in [-0.25, -0.2) is 9.59 Å². The molecule has 3 aromatic rings. The number of hydrogen-bond acceptors (Lipinski definition) is 6. The van der Waals surface area contributed by atoms with Gasteiger partial charge in [0.1, 0.15) is 22.6 Å². The minimum absolute atomic E-state index is 0.0694. The van der Waals surface area contributed by atoms with Gasteiger partial charge in [-0.2, -0.15) is 0 Å². The molecule has 0 saturated heterocycles. The van der Waals surface area contributed by atoms with Crippen molar-refractivity contribution < 1.29 is 23.5 Å². The van der Waals surface area contributed by atoms with Crippen LogP contribution in [0.5, 0.6) is 11.5 Å². The van der Waals surface area contributed by atoms with E-state index >= 15 is 0 Å². The van der Waals surface area contributed by atoms with Gasteiger partial charge in [0.2, 0.25) is 0 Å². The highest BCUT2D eigenvalue weighted by molar-refractivity contribution is 5.96. The van der Waals surface area contributed by atoms with Crippen LogP contribution in [-0.2, 0) is 4.79 Å². The maximum absolute atomic E-state index is 12.3. The second-order valence-electron chi connectivity index (χ2n) is 8.69. The molecule has 0 aliphatic rings. The predicted octanol–water partition coefficient (Wildman–Crippen LogP) is 4.60. The van der Waals surface area contributed by atoms with Crippen LogP contribution >= 0.6 is 0 Å². The largest absolute Gasteiger partial charge is 0.482 e. The summed E-state index contributed by atoms with van der Waals surface area (Å²) >= 11 is 0. The summed E-state index contributed by atoms with van der Waals surface area (Å²) in [6, 6.07) is 11.8. The van der Waals surface area contributed by atoms with E-state index in [1.165, 1.54) is 17.7 Å². The first kappa shape index (κ1) is 24.0. The molecule has 0 saturated carbocycles. The van der Waals surface area contributed by atoms with E-state index in [0.29, 0.717) is 23.6 Å². The van der Waals surface area contributed by atoms with E-state index in [1.807, 2.05) is 39.0 Å². The number of carbonyl (C=O) groups is 2. The topological polar surface area (TPSA) is 94.8 Å². The van der Waals surface area contributed by atoms with E-state index in [4.69, 9.17) is 13.9 Å². The maximum atomic E-state index is 12.3. The average molecular weight is 452 g/mol. The van der Waals surface area contributed by atoms with Gasteiger partial charge in [0.25, 0.3) is 5.91 Å². The van der Waals surface area contributed by atoms with Crippen molar-refractivity contribution in [1.29, 1.82) is 0 Å². The molecule has 0 atom stereocenters. The summed E-state index contributed by atoms with van der Waals surface area (Å²) in [4.78, 5) is 36.7. The number of hydrogen-bond donors (Lipinski definition) is 1. The van der Waals surface area contributed by atoms with Crippen molar-refractivity contribution in [3.05, 3.63) is 69.6 Å². The number of fused-ring (bicyclic) bond motifs is 1. The second-order valence-corrected chi connectivity index (χ2v) is 8.69. The SMILES string of the molecule is Cc1cc(OCC(=O)Oc2ccc3cc(C(=O)NCC(C)C)c(=O)oc3c2)ccc1C(C)C. The van der Waals surface area contributed by atoms with E-state index in [1.54, 1.807) is 12.1 Å². The van der Waals surface area contributed by atoms with E-state index in [-0.39, 0.29) is 29.4 Å². The van der Waals surface area contributed by atoms with Crippen LogP contribution in [-0.4, -0.2) is 25.0 Å². The van der Waals surface area contributed by atoms with Crippen molar-refractivity contribution in [2.45, 2.75) is 40.5 Å². The maximum Gasteiger partial charge on any atom is 0.349 e. The van der Waals surface area contributed by atoms with Crippen LogP contribution in [0.4, 0.5) is 0 Å². The molecular weight excluding hydrogens is 422 g/mol. The summed E-state index contributed by atoms with van der Waals surface area (Å²) in [5.74, 6) is 0.383. The molecule has 0 fully saturated rings. The highest BCUT2D eigenvalue weighted by Gasteiger charge is 2.15. The number of rotatable bonds is 8. The molecule has 7 heteroatoms. The molecule has 1 N–H and O–H groups in total. The van der Waals surface area contributed by atoms with Gasteiger partial charge in [0, 0.05) is 18.0 Å². The van der Waals surface area contributed by atoms with E-state index in [9.17, 15) is 14.4 Å². The summed E-state index contributed by atoms with van der Waals surface area (Å²) in [7, 11) is 0. The van der Waals surface area contributed by atoms with Gasteiger partial charge in [-0.05, 0) is 60.2 Å². The number of benzene rings is 2. The van der Waals surface area contributed by atoms with Crippen LogP contribution in [0.1, 0.15) is 55.1 Å². The first-order valence-corrected chi connectivity index (χ1v) is 10.9. The molecule has 1 amide bonds. The Kier molecular flexibility index (Phi) is 7.53. The summed E-state index contributed by atoms with van der Waals surface area (Å²) < 4.78 is 16.1. The van der Waals surface area contributed by atoms with E-state index < -0.39 is 17.5 Å². The van der Waals surface area contributed by atoms with Crippen LogP contribution < -0.4 is 20.4 Å². The Morgan fingerprint density at radius 1 is 1.00 bits per heavy atom. The zero-order valence-electron chi connectivity index (χ0n) is 19.6. The first-order chi connectivity index (χ1) is 15.6. The third-order valence-corrected chi connectivity index (χ3v) is 5.07. The fourth-order valence-electron chi connectivity index (χ4n) is 3.39. The normalized spacial score (nSPS) is 11.1. The number of amides is 1. The zero-order chi connectivity index (χ0) is 24.1. The fraction of sp³-hybridized carbons (Fsp3) is 0.346. The van der Waals surface area contributed by atoms with Crippen molar-refractivity contribution in [3.63, 3.8) is 0 Å². The zero-order valence-corrected chi connectivity index (χ0v) is 19.6. The van der Waals surface area contributed by atoms with Crippen molar-refractivity contribution in [1.82, 2.24) is 5.32 Å². The number of esters is 1. The van der Waals surface area contributed by atoms with Crippen LogP contribution in [0.3, 0.4) is 0 Å². The van der Waals surface area contributed by atoms with Gasteiger partial charge in [0.05, 0.1) is 0 Å². The monoisotopic (exact) mass is 451 g/mol. The van der Waals surface area contributed by atoms with Gasteiger partial charge in [-0.3, -0.25) is 4.79 Å². The summed E-state index contributed by atoms with van der Waals surface area (Å²) in [5, 5.41) is 3.24. The van der Waals surface area contributed by atoms with E-state index in [0.717, 1.165) is 5.56 Å². The Hall–Kier alpha value is -3.61. The standard InChI is InChI=1S/C26H29NO6/c1-15(2)13-27-25(29)22-11-18-6-7-20(12-23(18)33-26(22)30)32-24(28)14-31-19-8-9-21(16(3)4)17(5)10-19/h6-12,15-16H,13-14H2,1-5H3,(H,27,29). The lowest BCUT2D eigenvalue weighted by Crippen LogP contribution is -2.31. The fourth-order valence-corrected chi connectivity index (χ4v) is 3.39. The average Bonchev–Trinajstić information content (AvgIpc) is 2.75. The molecule has 0 aliphatic carbocycles. The van der Waals surface area contributed by atoms with Crippen LogP contribution in [0.2, 0.25) is 0 Å². The third-order valence-electron chi connectivity index (χ3n) is 5.07. The predicted molar refractivity (Wildman–Crippen MR) is 126 cm³/mol. The molecule has 7 nitrogen and oxygen atoms in total. The lowest BCUT2D eigenvalue weighted by Gasteiger charge is -2.12. The number of carbonyl (C=O) groups excluding carboxylic acids is 2. The molecule has 2 aromatic carbocycles. The van der Waals surface area contributed by atoms with Gasteiger partial charge in [-0.1, -0.05) is 33.8 Å². The molecule has 33 heavy (non-hydrogen) atoms. The molecule has 0 unspecified atom stereocenters. The molecule has 1 aromatic heterocycles. The molecule has 174 valence electrons. The summed E-state index contributed by atoms with van der Waals surface area (Å²) in [6.07, 6.45) is 0. The van der Waals surface area contributed by atoms with Gasteiger partial charge >= 0.3 is 11.6 Å². The highest BCUT2D eigenvalue weighted by atomic mass is 16.6. The van der Waals surface area contributed by atoms with E-state index in [2.05, 4.69) is 19.2 Å².